The van der Waals surface area contributed by atoms with Gasteiger partial charge in [0.2, 0.25) is 5.91 Å². The molecule has 1 amide bonds. The number of carbonyl (C=O) groups excluding carboxylic acids is 1. The van der Waals surface area contributed by atoms with Crippen molar-refractivity contribution in [3.8, 4) is 0 Å². The summed E-state index contributed by atoms with van der Waals surface area (Å²) < 4.78 is 14.2. The highest BCUT2D eigenvalue weighted by atomic mass is 127. The zero-order valence-corrected chi connectivity index (χ0v) is 13.4. The van der Waals surface area contributed by atoms with Crippen molar-refractivity contribution in [2.24, 2.45) is 0 Å². The van der Waals surface area contributed by atoms with Crippen LogP contribution in [-0.2, 0) is 4.79 Å². The van der Waals surface area contributed by atoms with Crippen molar-refractivity contribution in [1.29, 1.82) is 0 Å². The molecule has 0 spiro atoms. The Morgan fingerprint density at radius 1 is 1.37 bits per heavy atom. The Morgan fingerprint density at radius 3 is 2.63 bits per heavy atom. The van der Waals surface area contributed by atoms with Crippen LogP contribution in [0.5, 0.6) is 0 Å². The third-order valence-electron chi connectivity index (χ3n) is 3.56. The van der Waals surface area contributed by atoms with Crippen LogP contribution in [-0.4, -0.2) is 36.5 Å². The van der Waals surface area contributed by atoms with Crippen molar-refractivity contribution in [2.75, 3.05) is 30.8 Å². The quantitative estimate of drug-likeness (QED) is 0.602. The highest BCUT2D eigenvalue weighted by molar-refractivity contribution is 14.1. The zero-order valence-electron chi connectivity index (χ0n) is 11.2. The molecule has 1 heterocycles. The first-order valence-corrected chi connectivity index (χ1v) is 7.10. The fourth-order valence-electron chi connectivity index (χ4n) is 2.42. The second-order valence-corrected chi connectivity index (χ2v) is 6.42. The fourth-order valence-corrected chi connectivity index (χ4v) is 2.91. The van der Waals surface area contributed by atoms with Gasteiger partial charge >= 0.3 is 0 Å². The molecule has 19 heavy (non-hydrogen) atoms. The standard InChI is InChI=1S/C13H17FIN3O/c1-13(2)12(19)17(3)4-5-18(13)11-6-8(14)9(15)7-10(11)16/h6-7H,4-5,16H2,1-3H3. The molecule has 0 atom stereocenters. The Hall–Kier alpha value is -1.05. The molecule has 1 fully saturated rings. The Labute approximate surface area is 125 Å². The normalized spacial score (nSPS) is 18.9. The van der Waals surface area contributed by atoms with Gasteiger partial charge in [0.05, 0.1) is 14.9 Å². The predicted molar refractivity (Wildman–Crippen MR) is 82.6 cm³/mol. The van der Waals surface area contributed by atoms with Crippen LogP contribution in [0.25, 0.3) is 0 Å². The van der Waals surface area contributed by atoms with E-state index in [4.69, 9.17) is 5.73 Å². The van der Waals surface area contributed by atoms with Crippen molar-refractivity contribution < 1.29 is 9.18 Å². The lowest BCUT2D eigenvalue weighted by Crippen LogP contribution is -2.62. The number of rotatable bonds is 1. The number of hydrogen-bond donors (Lipinski definition) is 1. The summed E-state index contributed by atoms with van der Waals surface area (Å²) in [5.74, 6) is -0.302. The summed E-state index contributed by atoms with van der Waals surface area (Å²) in [6.45, 7) is 4.91. The van der Waals surface area contributed by atoms with E-state index in [0.29, 0.717) is 28.0 Å². The molecule has 4 nitrogen and oxygen atoms in total. The Kier molecular flexibility index (Phi) is 3.63. The van der Waals surface area contributed by atoms with E-state index in [9.17, 15) is 9.18 Å². The number of nitrogens with zero attached hydrogens (tertiary/aromatic N) is 2. The Bertz CT molecular complexity index is 533. The summed E-state index contributed by atoms with van der Waals surface area (Å²) >= 11 is 1.91. The van der Waals surface area contributed by atoms with Crippen molar-refractivity contribution >= 4 is 39.9 Å². The van der Waals surface area contributed by atoms with Gasteiger partial charge in [-0.15, -0.1) is 0 Å². The molecule has 6 heteroatoms. The maximum atomic E-state index is 13.8. The maximum absolute atomic E-state index is 13.8. The number of carbonyl (C=O) groups is 1. The van der Waals surface area contributed by atoms with Crippen molar-refractivity contribution in [1.82, 2.24) is 4.90 Å². The lowest BCUT2D eigenvalue weighted by molar-refractivity contribution is -0.136. The summed E-state index contributed by atoms with van der Waals surface area (Å²) in [6.07, 6.45) is 0. The van der Waals surface area contributed by atoms with Gasteiger partial charge in [0.1, 0.15) is 11.4 Å². The van der Waals surface area contributed by atoms with E-state index in [-0.39, 0.29) is 11.7 Å². The summed E-state index contributed by atoms with van der Waals surface area (Å²) in [5.41, 5.74) is 6.35. The molecule has 0 aromatic heterocycles. The topological polar surface area (TPSA) is 49.6 Å². The average molecular weight is 377 g/mol. The number of nitrogens with two attached hydrogens (primary N) is 1. The highest BCUT2D eigenvalue weighted by Crippen LogP contribution is 2.34. The van der Waals surface area contributed by atoms with Crippen LogP contribution in [0, 0.1) is 9.39 Å². The molecule has 0 radical (unpaired) electrons. The molecular formula is C13H17FIN3O. The van der Waals surface area contributed by atoms with Crippen LogP contribution >= 0.6 is 22.6 Å². The van der Waals surface area contributed by atoms with Crippen molar-refractivity contribution in [3.05, 3.63) is 21.5 Å². The van der Waals surface area contributed by atoms with E-state index in [1.165, 1.54) is 6.07 Å². The minimum absolute atomic E-state index is 0.0112. The number of likely N-dealkylation sites (N-methyl/N-ethyl adjacent to an activating group) is 1. The molecule has 0 aliphatic carbocycles. The van der Waals surface area contributed by atoms with Gasteiger partial charge in [0, 0.05) is 26.2 Å². The van der Waals surface area contributed by atoms with Crippen molar-refractivity contribution in [2.45, 2.75) is 19.4 Å². The Morgan fingerprint density at radius 2 is 2.00 bits per heavy atom. The molecule has 1 aliphatic heterocycles. The molecule has 1 aliphatic rings. The first-order chi connectivity index (χ1) is 8.75. The van der Waals surface area contributed by atoms with E-state index in [0.717, 1.165) is 0 Å². The number of hydrogen-bond acceptors (Lipinski definition) is 3. The third-order valence-corrected chi connectivity index (χ3v) is 4.39. The summed E-state index contributed by atoms with van der Waals surface area (Å²) in [7, 11) is 1.78. The van der Waals surface area contributed by atoms with E-state index >= 15 is 0 Å². The number of halogens is 2. The van der Waals surface area contributed by atoms with Crippen LogP contribution in [0.15, 0.2) is 12.1 Å². The number of benzene rings is 1. The molecule has 1 saturated heterocycles. The van der Waals surface area contributed by atoms with Crippen LogP contribution in [0.1, 0.15) is 13.8 Å². The van der Waals surface area contributed by atoms with Crippen molar-refractivity contribution in [3.63, 3.8) is 0 Å². The number of anilines is 2. The molecule has 2 N–H and O–H groups in total. The van der Waals surface area contributed by atoms with Gasteiger partial charge < -0.3 is 15.5 Å². The molecular weight excluding hydrogens is 360 g/mol. The summed E-state index contributed by atoms with van der Waals surface area (Å²) in [6, 6.07) is 3.02. The van der Waals surface area contributed by atoms with E-state index in [1.807, 2.05) is 41.3 Å². The third kappa shape index (κ3) is 2.37. The fraction of sp³-hybridized carbons (Fsp3) is 0.462. The van der Waals surface area contributed by atoms with Gasteiger partial charge in [-0.25, -0.2) is 4.39 Å². The molecule has 1 aromatic rings. The van der Waals surface area contributed by atoms with E-state index in [2.05, 4.69) is 0 Å². The number of piperazine rings is 1. The highest BCUT2D eigenvalue weighted by Gasteiger charge is 2.41. The van der Waals surface area contributed by atoms with Crippen LogP contribution in [0.3, 0.4) is 0 Å². The van der Waals surface area contributed by atoms with Gasteiger partial charge in [-0.05, 0) is 42.5 Å². The van der Waals surface area contributed by atoms with Gasteiger partial charge in [-0.3, -0.25) is 4.79 Å². The maximum Gasteiger partial charge on any atom is 0.247 e. The lowest BCUT2D eigenvalue weighted by atomic mass is 9.96. The predicted octanol–water partition coefficient (Wildman–Crippen LogP) is 2.07. The van der Waals surface area contributed by atoms with Gasteiger partial charge in [0.25, 0.3) is 0 Å². The lowest BCUT2D eigenvalue weighted by Gasteiger charge is -2.46. The number of amides is 1. The van der Waals surface area contributed by atoms with Crippen LogP contribution < -0.4 is 10.6 Å². The SMILES string of the molecule is CN1CCN(c2cc(F)c(I)cc2N)C(C)(C)C1=O. The minimum Gasteiger partial charge on any atom is -0.397 e. The first-order valence-electron chi connectivity index (χ1n) is 6.03. The zero-order chi connectivity index (χ0) is 14.4. The average Bonchev–Trinajstić information content (AvgIpc) is 2.32. The summed E-state index contributed by atoms with van der Waals surface area (Å²) in [5, 5.41) is 0. The van der Waals surface area contributed by atoms with Gasteiger partial charge in [-0.2, -0.15) is 0 Å². The monoisotopic (exact) mass is 377 g/mol. The van der Waals surface area contributed by atoms with E-state index < -0.39 is 5.54 Å². The van der Waals surface area contributed by atoms with Gasteiger partial charge in [-0.1, -0.05) is 0 Å². The van der Waals surface area contributed by atoms with Crippen LogP contribution in [0.2, 0.25) is 0 Å². The minimum atomic E-state index is -0.722. The second-order valence-electron chi connectivity index (χ2n) is 5.26. The number of nitrogen functional groups attached to an aromatic ring is 1. The Balaban J connectivity index is 2.47. The van der Waals surface area contributed by atoms with Gasteiger partial charge in [0.15, 0.2) is 0 Å². The molecule has 1 aromatic carbocycles. The largest absolute Gasteiger partial charge is 0.397 e. The summed E-state index contributed by atoms with van der Waals surface area (Å²) in [4.78, 5) is 15.8. The molecule has 0 bridgehead atoms. The molecule has 0 saturated carbocycles. The first kappa shape index (κ1) is 14.4. The smallest absolute Gasteiger partial charge is 0.247 e. The van der Waals surface area contributed by atoms with E-state index in [1.54, 1.807) is 18.0 Å². The molecule has 104 valence electrons. The second kappa shape index (κ2) is 4.81. The molecule has 2 rings (SSSR count). The van der Waals surface area contributed by atoms with Crippen LogP contribution in [0.4, 0.5) is 15.8 Å². The molecule has 0 unspecified atom stereocenters.